The zero-order valence-electron chi connectivity index (χ0n) is 20.2. The zero-order valence-corrected chi connectivity index (χ0v) is 20.2. The Morgan fingerprint density at radius 1 is 0.886 bits per heavy atom. The third-order valence-corrected chi connectivity index (χ3v) is 5.97. The predicted molar refractivity (Wildman–Crippen MR) is 136 cm³/mol. The molecule has 1 saturated heterocycles. The van der Waals surface area contributed by atoms with Crippen LogP contribution in [0.1, 0.15) is 21.5 Å². The van der Waals surface area contributed by atoms with Crippen LogP contribution in [0.4, 0.5) is 5.69 Å². The van der Waals surface area contributed by atoms with E-state index >= 15 is 0 Å². The van der Waals surface area contributed by atoms with Crippen molar-refractivity contribution in [3.63, 3.8) is 0 Å². The van der Waals surface area contributed by atoms with Crippen LogP contribution in [0.15, 0.2) is 72.8 Å². The molecule has 3 aromatic carbocycles. The highest BCUT2D eigenvalue weighted by Gasteiger charge is 2.22. The monoisotopic (exact) mass is 473 g/mol. The summed E-state index contributed by atoms with van der Waals surface area (Å²) in [5, 5.41) is 2.77. The Kier molecular flexibility index (Phi) is 8.00. The first-order valence-corrected chi connectivity index (χ1v) is 11.7. The summed E-state index contributed by atoms with van der Waals surface area (Å²) in [4.78, 5) is 29.4. The summed E-state index contributed by atoms with van der Waals surface area (Å²) >= 11 is 0. The molecule has 1 heterocycles. The molecule has 1 aliphatic heterocycles. The number of hydrogen-bond donors (Lipinski definition) is 1. The first-order chi connectivity index (χ1) is 17.0. The van der Waals surface area contributed by atoms with Crippen LogP contribution in [0.2, 0.25) is 0 Å². The summed E-state index contributed by atoms with van der Waals surface area (Å²) in [5.41, 5.74) is 3.82. The fourth-order valence-corrected chi connectivity index (χ4v) is 4.10. The van der Waals surface area contributed by atoms with Crippen molar-refractivity contribution in [3.8, 4) is 11.5 Å². The van der Waals surface area contributed by atoms with E-state index in [9.17, 15) is 9.59 Å². The lowest BCUT2D eigenvalue weighted by molar-refractivity contribution is -0.118. The lowest BCUT2D eigenvalue weighted by Gasteiger charge is -2.34. The molecule has 7 heteroatoms. The fraction of sp³-hybridized carbons (Fsp3) is 0.286. The number of methoxy groups -OCH3 is 1. The Hall–Kier alpha value is -3.84. The van der Waals surface area contributed by atoms with Gasteiger partial charge in [-0.3, -0.25) is 14.5 Å². The molecule has 7 nitrogen and oxygen atoms in total. The molecule has 4 rings (SSSR count). The Labute approximate surface area is 206 Å². The molecule has 0 spiro atoms. The number of benzene rings is 3. The fourth-order valence-electron chi connectivity index (χ4n) is 4.10. The van der Waals surface area contributed by atoms with E-state index in [1.807, 2.05) is 4.90 Å². The van der Waals surface area contributed by atoms with Gasteiger partial charge in [0.1, 0.15) is 11.5 Å². The standard InChI is InChI=1S/C28H31N3O4/c1-21-5-3-6-22(17-21)19-30-13-15-31(16-14-30)28(33)23-9-11-25(12-10-23)35-20-27(32)29-24-7-4-8-26(18-24)34-2/h3-12,17-18H,13-16,19-20H2,1-2H3,(H,29,32). The number of hydrogen-bond acceptors (Lipinski definition) is 5. The number of ether oxygens (including phenoxy) is 2. The van der Waals surface area contributed by atoms with Crippen molar-refractivity contribution in [1.82, 2.24) is 9.80 Å². The lowest BCUT2D eigenvalue weighted by Crippen LogP contribution is -2.48. The minimum absolute atomic E-state index is 0.0162. The summed E-state index contributed by atoms with van der Waals surface area (Å²) in [6.45, 7) is 5.98. The van der Waals surface area contributed by atoms with Crippen LogP contribution in [-0.4, -0.2) is 61.5 Å². The Morgan fingerprint density at radius 2 is 1.63 bits per heavy atom. The molecule has 182 valence electrons. The largest absolute Gasteiger partial charge is 0.497 e. The van der Waals surface area contributed by atoms with Crippen LogP contribution < -0.4 is 14.8 Å². The van der Waals surface area contributed by atoms with E-state index in [0.717, 1.165) is 19.6 Å². The molecular formula is C28H31N3O4. The van der Waals surface area contributed by atoms with Crippen LogP contribution in [0, 0.1) is 6.92 Å². The number of piperazine rings is 1. The van der Waals surface area contributed by atoms with E-state index in [0.29, 0.717) is 35.8 Å². The van der Waals surface area contributed by atoms with Crippen LogP contribution in [0.3, 0.4) is 0 Å². The Balaban J connectivity index is 1.23. The minimum atomic E-state index is -0.276. The topological polar surface area (TPSA) is 71.1 Å². The number of anilines is 1. The van der Waals surface area contributed by atoms with E-state index in [2.05, 4.69) is 41.4 Å². The quantitative estimate of drug-likeness (QED) is 0.536. The number of carbonyl (C=O) groups excluding carboxylic acids is 2. The van der Waals surface area contributed by atoms with Crippen molar-refractivity contribution in [2.45, 2.75) is 13.5 Å². The summed E-state index contributed by atoms with van der Waals surface area (Å²) in [5.74, 6) is 0.937. The van der Waals surface area contributed by atoms with Gasteiger partial charge in [-0.2, -0.15) is 0 Å². The maximum absolute atomic E-state index is 12.9. The van der Waals surface area contributed by atoms with Gasteiger partial charge in [0.25, 0.3) is 11.8 Å². The van der Waals surface area contributed by atoms with Crippen molar-refractivity contribution in [1.29, 1.82) is 0 Å². The molecule has 1 N–H and O–H groups in total. The molecule has 2 amide bonds. The van der Waals surface area contributed by atoms with E-state index in [4.69, 9.17) is 9.47 Å². The second kappa shape index (κ2) is 11.5. The highest BCUT2D eigenvalue weighted by atomic mass is 16.5. The number of amides is 2. The Bertz CT molecular complexity index is 1150. The normalized spacial score (nSPS) is 13.8. The number of nitrogens with one attached hydrogen (secondary N) is 1. The molecule has 0 aromatic heterocycles. The van der Waals surface area contributed by atoms with Gasteiger partial charge < -0.3 is 19.7 Å². The highest BCUT2D eigenvalue weighted by molar-refractivity contribution is 5.94. The summed E-state index contributed by atoms with van der Waals surface area (Å²) in [6, 6.07) is 22.6. The lowest BCUT2D eigenvalue weighted by atomic mass is 10.1. The number of carbonyl (C=O) groups is 2. The Morgan fingerprint density at radius 3 is 2.34 bits per heavy atom. The van der Waals surface area contributed by atoms with Crippen LogP contribution in [-0.2, 0) is 11.3 Å². The maximum atomic E-state index is 12.9. The minimum Gasteiger partial charge on any atom is -0.497 e. The van der Waals surface area contributed by atoms with Crippen molar-refractivity contribution >= 4 is 17.5 Å². The first kappa shape index (κ1) is 24.3. The van der Waals surface area contributed by atoms with E-state index < -0.39 is 0 Å². The molecule has 0 unspecified atom stereocenters. The third-order valence-electron chi connectivity index (χ3n) is 5.97. The summed E-state index contributed by atoms with van der Waals surface area (Å²) in [6.07, 6.45) is 0. The van der Waals surface area contributed by atoms with Gasteiger partial charge in [-0.05, 0) is 48.9 Å². The second-order valence-electron chi connectivity index (χ2n) is 8.65. The van der Waals surface area contributed by atoms with Gasteiger partial charge in [-0.25, -0.2) is 0 Å². The maximum Gasteiger partial charge on any atom is 0.262 e. The molecule has 35 heavy (non-hydrogen) atoms. The van der Waals surface area contributed by atoms with Crippen LogP contribution in [0.5, 0.6) is 11.5 Å². The average molecular weight is 474 g/mol. The highest BCUT2D eigenvalue weighted by Crippen LogP contribution is 2.18. The molecule has 3 aromatic rings. The van der Waals surface area contributed by atoms with E-state index in [1.165, 1.54) is 11.1 Å². The molecular weight excluding hydrogens is 442 g/mol. The number of nitrogens with zero attached hydrogens (tertiary/aromatic N) is 2. The molecule has 1 fully saturated rings. The van der Waals surface area contributed by atoms with Crippen molar-refractivity contribution in [2.24, 2.45) is 0 Å². The van der Waals surface area contributed by atoms with Crippen molar-refractivity contribution in [3.05, 3.63) is 89.5 Å². The smallest absolute Gasteiger partial charge is 0.262 e. The second-order valence-corrected chi connectivity index (χ2v) is 8.65. The van der Waals surface area contributed by atoms with Crippen molar-refractivity contribution < 1.29 is 19.1 Å². The van der Waals surface area contributed by atoms with Gasteiger partial charge in [0.05, 0.1) is 7.11 Å². The van der Waals surface area contributed by atoms with Gasteiger partial charge in [0.2, 0.25) is 0 Å². The van der Waals surface area contributed by atoms with Crippen LogP contribution in [0.25, 0.3) is 0 Å². The number of aryl methyl sites for hydroxylation is 1. The van der Waals surface area contributed by atoms with Gasteiger partial charge in [-0.15, -0.1) is 0 Å². The third kappa shape index (κ3) is 6.83. The summed E-state index contributed by atoms with van der Waals surface area (Å²) < 4.78 is 10.7. The van der Waals surface area contributed by atoms with Gasteiger partial charge in [0, 0.05) is 50.0 Å². The molecule has 0 atom stereocenters. The molecule has 0 aliphatic carbocycles. The SMILES string of the molecule is COc1cccc(NC(=O)COc2ccc(C(=O)N3CCN(Cc4cccc(C)c4)CC3)cc2)c1. The van der Waals surface area contributed by atoms with Gasteiger partial charge >= 0.3 is 0 Å². The van der Waals surface area contributed by atoms with Crippen LogP contribution >= 0.6 is 0 Å². The van der Waals surface area contributed by atoms with E-state index in [-0.39, 0.29) is 18.4 Å². The van der Waals surface area contributed by atoms with Gasteiger partial charge in [0.15, 0.2) is 6.61 Å². The average Bonchev–Trinajstić information content (AvgIpc) is 2.88. The zero-order chi connectivity index (χ0) is 24.6. The molecule has 0 saturated carbocycles. The predicted octanol–water partition coefficient (Wildman–Crippen LogP) is 3.98. The summed E-state index contributed by atoms with van der Waals surface area (Å²) in [7, 11) is 1.57. The van der Waals surface area contributed by atoms with Crippen molar-refractivity contribution in [2.75, 3.05) is 45.2 Å². The first-order valence-electron chi connectivity index (χ1n) is 11.7. The molecule has 0 bridgehead atoms. The molecule has 1 aliphatic rings. The van der Waals surface area contributed by atoms with Gasteiger partial charge in [-0.1, -0.05) is 35.9 Å². The number of rotatable bonds is 8. The molecule has 0 radical (unpaired) electrons. The van der Waals surface area contributed by atoms with E-state index in [1.54, 1.807) is 55.6 Å².